The molecule has 0 bridgehead atoms. The van der Waals surface area contributed by atoms with Crippen LogP contribution in [0.15, 0.2) is 84.9 Å². The van der Waals surface area contributed by atoms with Gasteiger partial charge in [-0.1, -0.05) is 74.5 Å². The van der Waals surface area contributed by atoms with Crippen LogP contribution in [0.5, 0.6) is 0 Å². The molecule has 4 aromatic carbocycles. The summed E-state index contributed by atoms with van der Waals surface area (Å²) in [5, 5.41) is 20.3. The second kappa shape index (κ2) is 18.2. The molecule has 2 atom stereocenters. The van der Waals surface area contributed by atoms with E-state index in [2.05, 4.69) is 156 Å². The Hall–Kier alpha value is -6.56. The molecular formula is C44H52N12. The van der Waals surface area contributed by atoms with Crippen molar-refractivity contribution in [3.63, 3.8) is 0 Å². The third-order valence-electron chi connectivity index (χ3n) is 9.52. The van der Waals surface area contributed by atoms with Crippen LogP contribution in [0.1, 0.15) is 73.9 Å². The SMILES string of the molecule is CCC(C)Nc1nc(Nc2ccc(/C=C/c3ccc(Nc4nc(Nc5ccccc5C)nc(NC(C)CC)n4)cc3C)c(C)c2)nc(Nc2ccccc2C)n1. The Labute approximate surface area is 330 Å². The number of aryl methyl sites for hydroxylation is 4. The second-order valence-corrected chi connectivity index (χ2v) is 14.1. The molecule has 2 unspecified atom stereocenters. The maximum absolute atomic E-state index is 4.69. The Kier molecular flexibility index (Phi) is 12.7. The zero-order valence-electron chi connectivity index (χ0n) is 33.5. The zero-order valence-corrected chi connectivity index (χ0v) is 33.5. The molecule has 56 heavy (non-hydrogen) atoms. The summed E-state index contributed by atoms with van der Waals surface area (Å²) in [5.74, 6) is 2.86. The Morgan fingerprint density at radius 3 is 1.16 bits per heavy atom. The van der Waals surface area contributed by atoms with E-state index in [4.69, 9.17) is 9.97 Å². The number of nitrogens with zero attached hydrogens (tertiary/aromatic N) is 6. The van der Waals surface area contributed by atoms with Crippen LogP contribution in [0, 0.1) is 27.7 Å². The molecular weight excluding hydrogens is 697 g/mol. The molecule has 0 spiro atoms. The fraction of sp³-hybridized carbons (Fsp3) is 0.273. The van der Waals surface area contributed by atoms with Crippen LogP contribution in [0.2, 0.25) is 0 Å². The number of para-hydroxylation sites is 2. The molecule has 2 aromatic heterocycles. The maximum atomic E-state index is 4.69. The third kappa shape index (κ3) is 10.6. The van der Waals surface area contributed by atoms with E-state index in [0.717, 1.165) is 69.0 Å². The van der Waals surface area contributed by atoms with E-state index >= 15 is 0 Å². The molecule has 0 saturated carbocycles. The average molecular weight is 749 g/mol. The number of aromatic nitrogens is 6. The van der Waals surface area contributed by atoms with Crippen LogP contribution in [0.3, 0.4) is 0 Å². The Morgan fingerprint density at radius 1 is 0.446 bits per heavy atom. The van der Waals surface area contributed by atoms with Crippen LogP contribution in [0.25, 0.3) is 12.2 Å². The summed E-state index contributed by atoms with van der Waals surface area (Å²) in [6.07, 6.45) is 6.15. The molecule has 0 aliphatic heterocycles. The molecule has 12 heteroatoms. The van der Waals surface area contributed by atoms with Gasteiger partial charge in [-0.2, -0.15) is 29.9 Å². The number of rotatable bonds is 16. The van der Waals surface area contributed by atoms with Crippen LogP contribution in [0.4, 0.5) is 58.4 Å². The van der Waals surface area contributed by atoms with Gasteiger partial charge in [0, 0.05) is 34.8 Å². The first-order valence-corrected chi connectivity index (χ1v) is 19.2. The fourth-order valence-electron chi connectivity index (χ4n) is 5.74. The summed E-state index contributed by atoms with van der Waals surface area (Å²) in [6, 6.07) is 29.0. The van der Waals surface area contributed by atoms with Gasteiger partial charge >= 0.3 is 0 Å². The van der Waals surface area contributed by atoms with Crippen molar-refractivity contribution in [2.45, 2.75) is 80.3 Å². The van der Waals surface area contributed by atoms with E-state index < -0.39 is 0 Å². The largest absolute Gasteiger partial charge is 0.352 e. The van der Waals surface area contributed by atoms with Gasteiger partial charge in [-0.25, -0.2) is 0 Å². The third-order valence-corrected chi connectivity index (χ3v) is 9.52. The highest BCUT2D eigenvalue weighted by atomic mass is 15.3. The van der Waals surface area contributed by atoms with E-state index in [0.29, 0.717) is 35.7 Å². The monoisotopic (exact) mass is 748 g/mol. The molecule has 6 rings (SSSR count). The molecule has 0 aliphatic rings. The fourth-order valence-corrected chi connectivity index (χ4v) is 5.74. The number of benzene rings is 4. The first kappa shape index (κ1) is 39.1. The predicted molar refractivity (Wildman–Crippen MR) is 233 cm³/mol. The van der Waals surface area contributed by atoms with Gasteiger partial charge in [0.05, 0.1) is 0 Å². The van der Waals surface area contributed by atoms with Gasteiger partial charge in [-0.05, 0) is 124 Å². The molecule has 0 amide bonds. The molecule has 6 N–H and O–H groups in total. The van der Waals surface area contributed by atoms with Crippen LogP contribution in [-0.2, 0) is 0 Å². The van der Waals surface area contributed by atoms with Crippen LogP contribution < -0.4 is 31.9 Å². The van der Waals surface area contributed by atoms with Crippen molar-refractivity contribution in [3.05, 3.63) is 118 Å². The van der Waals surface area contributed by atoms with Crippen molar-refractivity contribution >= 4 is 70.6 Å². The van der Waals surface area contributed by atoms with Crippen molar-refractivity contribution in [2.75, 3.05) is 31.9 Å². The van der Waals surface area contributed by atoms with E-state index in [1.165, 1.54) is 0 Å². The van der Waals surface area contributed by atoms with Gasteiger partial charge in [0.1, 0.15) is 0 Å². The summed E-state index contributed by atoms with van der Waals surface area (Å²) in [7, 11) is 0. The summed E-state index contributed by atoms with van der Waals surface area (Å²) < 4.78 is 0. The molecule has 0 saturated heterocycles. The lowest BCUT2D eigenvalue weighted by Crippen LogP contribution is -2.17. The highest BCUT2D eigenvalue weighted by molar-refractivity contribution is 5.75. The summed E-state index contributed by atoms with van der Waals surface area (Å²) in [6.45, 7) is 16.8. The molecule has 0 fully saturated rings. The van der Waals surface area contributed by atoms with E-state index in [-0.39, 0.29) is 12.1 Å². The standard InChI is InChI=1S/C44H52N12/c1-9-31(7)45-39-51-41(55-43(53-39)49-37-17-13-11-15-27(37)3)47-35-23-21-33(29(5)25-35)19-20-34-22-24-36(26-30(34)6)48-42-52-40(46-32(8)10-2)54-44(56-42)50-38-18-14-12-16-28(38)4/h11-26,31-32H,9-10H2,1-8H3,(H3,45,47,49,51,53,55)(H3,46,48,50,52,54,56)/b20-19+. The summed E-state index contributed by atoms with van der Waals surface area (Å²) in [5.41, 5.74) is 10.3. The minimum Gasteiger partial charge on any atom is -0.352 e. The summed E-state index contributed by atoms with van der Waals surface area (Å²) >= 11 is 0. The quantitative estimate of drug-likeness (QED) is 0.0523. The lowest BCUT2D eigenvalue weighted by Gasteiger charge is -2.15. The maximum Gasteiger partial charge on any atom is 0.233 e. The molecule has 0 aliphatic carbocycles. The van der Waals surface area contributed by atoms with Crippen molar-refractivity contribution in [2.24, 2.45) is 0 Å². The minimum absolute atomic E-state index is 0.210. The molecule has 12 nitrogen and oxygen atoms in total. The topological polar surface area (TPSA) is 150 Å². The van der Waals surface area contributed by atoms with E-state index in [1.807, 2.05) is 48.5 Å². The van der Waals surface area contributed by atoms with E-state index in [1.54, 1.807) is 0 Å². The zero-order chi connectivity index (χ0) is 39.6. The summed E-state index contributed by atoms with van der Waals surface area (Å²) in [4.78, 5) is 28.0. The number of nitrogens with one attached hydrogen (secondary N) is 6. The average Bonchev–Trinajstić information content (AvgIpc) is 3.16. The van der Waals surface area contributed by atoms with Crippen molar-refractivity contribution < 1.29 is 0 Å². The number of hydrogen-bond acceptors (Lipinski definition) is 12. The van der Waals surface area contributed by atoms with Gasteiger partial charge in [0.2, 0.25) is 35.7 Å². The molecule has 2 heterocycles. The van der Waals surface area contributed by atoms with Gasteiger partial charge in [-0.3, -0.25) is 0 Å². The highest BCUT2D eigenvalue weighted by Gasteiger charge is 2.13. The first-order chi connectivity index (χ1) is 27.0. The Bertz CT molecular complexity index is 2140. The van der Waals surface area contributed by atoms with Crippen LogP contribution in [-0.4, -0.2) is 42.0 Å². The smallest absolute Gasteiger partial charge is 0.233 e. The normalized spacial score (nSPS) is 12.2. The second-order valence-electron chi connectivity index (χ2n) is 14.1. The first-order valence-electron chi connectivity index (χ1n) is 19.2. The van der Waals surface area contributed by atoms with Gasteiger partial charge in [0.25, 0.3) is 0 Å². The van der Waals surface area contributed by atoms with E-state index in [9.17, 15) is 0 Å². The molecule has 6 aromatic rings. The predicted octanol–water partition coefficient (Wildman–Crippen LogP) is 10.9. The van der Waals surface area contributed by atoms with Gasteiger partial charge in [-0.15, -0.1) is 0 Å². The Balaban J connectivity index is 1.16. The van der Waals surface area contributed by atoms with Gasteiger partial charge in [0.15, 0.2) is 0 Å². The number of hydrogen-bond donors (Lipinski definition) is 6. The Morgan fingerprint density at radius 2 is 0.804 bits per heavy atom. The van der Waals surface area contributed by atoms with Crippen molar-refractivity contribution in [1.29, 1.82) is 0 Å². The van der Waals surface area contributed by atoms with Crippen molar-refractivity contribution in [3.8, 4) is 0 Å². The molecule has 0 radical (unpaired) electrons. The minimum atomic E-state index is 0.210. The lowest BCUT2D eigenvalue weighted by atomic mass is 10.0. The molecule has 288 valence electrons. The van der Waals surface area contributed by atoms with Gasteiger partial charge < -0.3 is 31.9 Å². The number of anilines is 10. The van der Waals surface area contributed by atoms with Crippen molar-refractivity contribution in [1.82, 2.24) is 29.9 Å². The highest BCUT2D eigenvalue weighted by Crippen LogP contribution is 2.26. The van der Waals surface area contributed by atoms with Crippen LogP contribution >= 0.6 is 0 Å². The lowest BCUT2D eigenvalue weighted by molar-refractivity contribution is 0.751.